The second-order valence-corrected chi connectivity index (χ2v) is 5.99. The first-order valence-corrected chi connectivity index (χ1v) is 8.41. The van der Waals surface area contributed by atoms with Crippen molar-refractivity contribution in [1.82, 2.24) is 0 Å². The minimum Gasteiger partial charge on any atom is -0.496 e. The van der Waals surface area contributed by atoms with Gasteiger partial charge in [0.2, 0.25) is 5.91 Å². The number of nitro groups is 1. The number of amides is 1. The number of ether oxygens (including phenoxy) is 1. The Balaban J connectivity index is 1.75. The van der Waals surface area contributed by atoms with Gasteiger partial charge in [-0.1, -0.05) is 12.1 Å². The summed E-state index contributed by atoms with van der Waals surface area (Å²) < 4.78 is 10.9. The molecule has 28 heavy (non-hydrogen) atoms. The number of nitro benzene ring substituents is 1. The lowest BCUT2D eigenvalue weighted by atomic mass is 10.1. The molecular formula is C20H18N2O6. The van der Waals surface area contributed by atoms with E-state index in [1.54, 1.807) is 42.5 Å². The summed E-state index contributed by atoms with van der Waals surface area (Å²) in [5, 5.41) is 22.6. The van der Waals surface area contributed by atoms with Gasteiger partial charge in [-0.25, -0.2) is 0 Å². The molecule has 0 spiro atoms. The number of non-ortho nitro benzene ring substituents is 1. The van der Waals surface area contributed by atoms with Gasteiger partial charge in [-0.3, -0.25) is 14.9 Å². The number of carbonyl (C=O) groups excluding carboxylic acids is 1. The van der Waals surface area contributed by atoms with Crippen LogP contribution in [0.5, 0.6) is 5.75 Å². The highest BCUT2D eigenvalue weighted by molar-refractivity contribution is 5.93. The second kappa shape index (κ2) is 8.36. The maximum absolute atomic E-state index is 12.3. The molecule has 0 aliphatic rings. The summed E-state index contributed by atoms with van der Waals surface area (Å²) in [6.45, 7) is -0.214. The molecule has 3 aromatic rings. The van der Waals surface area contributed by atoms with Crippen LogP contribution in [0.3, 0.4) is 0 Å². The van der Waals surface area contributed by atoms with E-state index >= 15 is 0 Å². The van der Waals surface area contributed by atoms with Gasteiger partial charge >= 0.3 is 0 Å². The minimum absolute atomic E-state index is 0.0235. The van der Waals surface area contributed by atoms with Crippen molar-refractivity contribution in [2.75, 3.05) is 12.4 Å². The van der Waals surface area contributed by atoms with Gasteiger partial charge in [0, 0.05) is 17.8 Å². The Morgan fingerprint density at radius 1 is 1.18 bits per heavy atom. The zero-order chi connectivity index (χ0) is 20.1. The molecule has 0 saturated carbocycles. The number of aliphatic hydroxyl groups is 1. The Kier molecular flexibility index (Phi) is 5.71. The van der Waals surface area contributed by atoms with Crippen LogP contribution in [-0.4, -0.2) is 23.0 Å². The van der Waals surface area contributed by atoms with E-state index in [2.05, 4.69) is 5.32 Å². The topological polar surface area (TPSA) is 115 Å². The van der Waals surface area contributed by atoms with Crippen LogP contribution < -0.4 is 10.1 Å². The zero-order valence-electron chi connectivity index (χ0n) is 15.0. The Bertz CT molecular complexity index is 994. The summed E-state index contributed by atoms with van der Waals surface area (Å²) in [5.41, 5.74) is 1.82. The zero-order valence-corrected chi connectivity index (χ0v) is 15.0. The van der Waals surface area contributed by atoms with E-state index in [0.717, 1.165) is 0 Å². The molecule has 0 radical (unpaired) electrons. The fourth-order valence-electron chi connectivity index (χ4n) is 2.71. The largest absolute Gasteiger partial charge is 0.496 e. The first-order chi connectivity index (χ1) is 13.5. The van der Waals surface area contributed by atoms with Gasteiger partial charge < -0.3 is 19.6 Å². The summed E-state index contributed by atoms with van der Waals surface area (Å²) in [6, 6.07) is 14.3. The van der Waals surface area contributed by atoms with E-state index in [1.165, 1.54) is 19.2 Å². The molecular weight excluding hydrogens is 364 g/mol. The molecule has 0 unspecified atom stereocenters. The molecule has 1 aromatic heterocycles. The molecule has 0 atom stereocenters. The number of rotatable bonds is 7. The molecule has 0 aliphatic carbocycles. The van der Waals surface area contributed by atoms with Crippen molar-refractivity contribution in [3.63, 3.8) is 0 Å². The molecule has 144 valence electrons. The lowest BCUT2D eigenvalue weighted by Gasteiger charge is -2.10. The predicted molar refractivity (Wildman–Crippen MR) is 102 cm³/mol. The average molecular weight is 382 g/mol. The molecule has 8 nitrogen and oxygen atoms in total. The highest BCUT2D eigenvalue weighted by atomic mass is 16.6. The number of nitrogens with zero attached hydrogens (tertiary/aromatic N) is 1. The molecule has 0 aliphatic heterocycles. The fourth-order valence-corrected chi connectivity index (χ4v) is 2.71. The van der Waals surface area contributed by atoms with Gasteiger partial charge in [0.1, 0.15) is 23.9 Å². The number of methoxy groups -OCH3 is 1. The third kappa shape index (κ3) is 4.36. The molecule has 1 heterocycles. The van der Waals surface area contributed by atoms with Crippen molar-refractivity contribution in [2.45, 2.75) is 13.0 Å². The van der Waals surface area contributed by atoms with E-state index in [-0.39, 0.29) is 24.6 Å². The minimum atomic E-state index is -0.487. The monoisotopic (exact) mass is 382 g/mol. The van der Waals surface area contributed by atoms with Crippen LogP contribution in [0.1, 0.15) is 11.3 Å². The lowest BCUT2D eigenvalue weighted by molar-refractivity contribution is -0.384. The fraction of sp³-hybridized carbons (Fsp3) is 0.150. The predicted octanol–water partition coefficient (Wildman–Crippen LogP) is 3.54. The first kappa shape index (κ1) is 19.1. The maximum atomic E-state index is 12.3. The Morgan fingerprint density at radius 3 is 2.54 bits per heavy atom. The molecule has 0 fully saturated rings. The van der Waals surface area contributed by atoms with Crippen LogP contribution in [0.4, 0.5) is 11.4 Å². The van der Waals surface area contributed by atoms with Crippen LogP contribution in [0.15, 0.2) is 59.0 Å². The summed E-state index contributed by atoms with van der Waals surface area (Å²) in [7, 11) is 1.53. The van der Waals surface area contributed by atoms with Gasteiger partial charge in [-0.2, -0.15) is 0 Å². The Hall–Kier alpha value is -3.65. The van der Waals surface area contributed by atoms with E-state index in [9.17, 15) is 14.9 Å². The van der Waals surface area contributed by atoms with Crippen LogP contribution in [0.2, 0.25) is 0 Å². The van der Waals surface area contributed by atoms with Crippen molar-refractivity contribution in [3.8, 4) is 17.1 Å². The number of benzene rings is 2. The molecule has 2 N–H and O–H groups in total. The number of hydrogen-bond acceptors (Lipinski definition) is 6. The smallest absolute Gasteiger partial charge is 0.269 e. The summed E-state index contributed by atoms with van der Waals surface area (Å²) in [4.78, 5) is 22.5. The van der Waals surface area contributed by atoms with Gasteiger partial charge in [-0.05, 0) is 35.9 Å². The van der Waals surface area contributed by atoms with Crippen LogP contribution in [-0.2, 0) is 17.8 Å². The SMILES string of the molecule is COc1ccc(NC(=O)Cc2ccc([N+](=O)[O-])cc2)cc1-c1ccc(CO)o1. The maximum Gasteiger partial charge on any atom is 0.269 e. The lowest BCUT2D eigenvalue weighted by Crippen LogP contribution is -2.14. The summed E-state index contributed by atoms with van der Waals surface area (Å²) in [5.74, 6) is 1.23. The van der Waals surface area contributed by atoms with Crippen LogP contribution >= 0.6 is 0 Å². The third-order valence-corrected chi connectivity index (χ3v) is 4.08. The highest BCUT2D eigenvalue weighted by Gasteiger charge is 2.13. The molecule has 3 rings (SSSR count). The molecule has 0 saturated heterocycles. The van der Waals surface area contributed by atoms with E-state index in [4.69, 9.17) is 14.3 Å². The van der Waals surface area contributed by atoms with E-state index < -0.39 is 4.92 Å². The number of furan rings is 1. The standard InChI is InChI=1S/C20H18N2O6/c1-27-18-8-4-14(11-17(18)19-9-7-16(12-23)28-19)21-20(24)10-13-2-5-15(6-3-13)22(25)26/h2-9,11,23H,10,12H2,1H3,(H,21,24). The third-order valence-electron chi connectivity index (χ3n) is 4.08. The van der Waals surface area contributed by atoms with Crippen LogP contribution in [0.25, 0.3) is 11.3 Å². The average Bonchev–Trinajstić information content (AvgIpc) is 3.17. The number of nitrogens with one attached hydrogen (secondary N) is 1. The quantitative estimate of drug-likeness (QED) is 0.477. The highest BCUT2D eigenvalue weighted by Crippen LogP contribution is 2.33. The summed E-state index contributed by atoms with van der Waals surface area (Å²) >= 11 is 0. The van der Waals surface area contributed by atoms with E-state index in [0.29, 0.717) is 34.1 Å². The van der Waals surface area contributed by atoms with Crippen molar-refractivity contribution >= 4 is 17.3 Å². The number of hydrogen-bond donors (Lipinski definition) is 2. The number of carbonyl (C=O) groups is 1. The van der Waals surface area contributed by atoms with Crippen LogP contribution in [0, 0.1) is 10.1 Å². The van der Waals surface area contributed by atoms with E-state index in [1.807, 2.05) is 0 Å². The van der Waals surface area contributed by atoms with Crippen molar-refractivity contribution in [3.05, 3.63) is 76.0 Å². The molecule has 1 amide bonds. The molecule has 2 aromatic carbocycles. The Labute approximate surface area is 160 Å². The molecule has 8 heteroatoms. The number of aliphatic hydroxyl groups excluding tert-OH is 1. The van der Waals surface area contributed by atoms with Gasteiger partial charge in [0.25, 0.3) is 5.69 Å². The second-order valence-electron chi connectivity index (χ2n) is 5.99. The van der Waals surface area contributed by atoms with Gasteiger partial charge in [0.15, 0.2) is 0 Å². The molecule has 0 bridgehead atoms. The summed E-state index contributed by atoms with van der Waals surface area (Å²) in [6.07, 6.45) is 0.0781. The van der Waals surface area contributed by atoms with Gasteiger partial charge in [0.05, 0.1) is 24.0 Å². The normalized spacial score (nSPS) is 10.5. The van der Waals surface area contributed by atoms with Crippen molar-refractivity contribution in [2.24, 2.45) is 0 Å². The first-order valence-electron chi connectivity index (χ1n) is 8.41. The Morgan fingerprint density at radius 2 is 1.93 bits per heavy atom. The van der Waals surface area contributed by atoms with Crippen molar-refractivity contribution in [1.29, 1.82) is 0 Å². The van der Waals surface area contributed by atoms with Crippen molar-refractivity contribution < 1.29 is 24.0 Å². The van der Waals surface area contributed by atoms with Gasteiger partial charge in [-0.15, -0.1) is 0 Å². The number of anilines is 1.